The van der Waals surface area contributed by atoms with Gasteiger partial charge in [-0.2, -0.15) is 0 Å². The van der Waals surface area contributed by atoms with Gasteiger partial charge in [0.05, 0.1) is 0 Å². The topological polar surface area (TPSA) is 131 Å². The minimum atomic E-state index is -2.06. The molecule has 0 aliphatic heterocycles. The first-order valence-corrected chi connectivity index (χ1v) is 15.1. The molecule has 0 fully saturated rings. The van der Waals surface area contributed by atoms with E-state index in [-0.39, 0.29) is 51.5 Å². The van der Waals surface area contributed by atoms with Crippen molar-refractivity contribution in [2.75, 3.05) is 39.6 Å². The van der Waals surface area contributed by atoms with Gasteiger partial charge in [0.1, 0.15) is 0 Å². The zero-order valence-electron chi connectivity index (χ0n) is 12.6. The van der Waals surface area contributed by atoms with Crippen LogP contribution < -0.4 is 0 Å². The van der Waals surface area contributed by atoms with Crippen molar-refractivity contribution in [2.24, 2.45) is 11.8 Å². The van der Waals surface area contributed by atoms with E-state index in [0.717, 1.165) is 0 Å². The third kappa shape index (κ3) is 5.85. The van der Waals surface area contributed by atoms with Crippen molar-refractivity contribution < 1.29 is 31.3 Å². The van der Waals surface area contributed by atoms with Crippen LogP contribution in [0.5, 0.6) is 0 Å². The molecule has 0 amide bonds. The van der Waals surface area contributed by atoms with E-state index in [9.17, 15) is 30.6 Å². The van der Waals surface area contributed by atoms with Gasteiger partial charge in [0.15, 0.2) is 0 Å². The molecule has 122 valence electrons. The second-order valence-electron chi connectivity index (χ2n) is 5.64. The van der Waals surface area contributed by atoms with Gasteiger partial charge in [-0.3, -0.25) is 0 Å². The zero-order chi connectivity index (χ0) is 16.5. The molecule has 0 aromatic carbocycles. The molecule has 7 nitrogen and oxygen atoms in total. The molecular formula is C12H26O7Tl2. The average Bonchev–Trinajstić information content (AvgIpc) is 2.54. The van der Waals surface area contributed by atoms with Crippen LogP contribution in [0.3, 0.4) is 0 Å². The first kappa shape index (κ1) is 22.6. The van der Waals surface area contributed by atoms with E-state index in [0.29, 0.717) is 0 Å². The molecule has 6 N–H and O–H groups in total. The standard InChI is InChI=1S/2C6H13O3.O.2Tl/c2*1-5(2-7)6(3-8)4-9;;;/h2*5,7-9H,2-4H2,1H3;;;. The van der Waals surface area contributed by atoms with Gasteiger partial charge in [-0.1, -0.05) is 0 Å². The van der Waals surface area contributed by atoms with Crippen LogP contribution >= 0.6 is 0 Å². The number of aliphatic hydroxyl groups is 6. The molecule has 0 spiro atoms. The van der Waals surface area contributed by atoms with Crippen molar-refractivity contribution in [1.82, 2.24) is 0 Å². The predicted octanol–water partition coefficient (Wildman–Crippen LogP) is -2.22. The van der Waals surface area contributed by atoms with Gasteiger partial charge in [-0.15, -0.1) is 0 Å². The summed E-state index contributed by atoms with van der Waals surface area (Å²) in [6.45, 7) is 2.36. The van der Waals surface area contributed by atoms with Gasteiger partial charge in [0.2, 0.25) is 0 Å². The third-order valence-electron chi connectivity index (χ3n) is 4.29. The van der Waals surface area contributed by atoms with E-state index in [1.807, 2.05) is 0 Å². The SMILES string of the molecule is CC(CO)[C](CO)(CO)[Tl][O][Tl][C](CO)(CO)C(C)CO. The Hall–Kier alpha value is 1.56. The second-order valence-corrected chi connectivity index (χ2v) is 26.8. The predicted molar refractivity (Wildman–Crippen MR) is 78.8 cm³/mol. The molecule has 0 heterocycles. The molecule has 0 saturated carbocycles. The Morgan fingerprint density at radius 1 is 0.714 bits per heavy atom. The van der Waals surface area contributed by atoms with E-state index in [1.165, 1.54) is 0 Å². The molecule has 0 bridgehead atoms. The van der Waals surface area contributed by atoms with Crippen LogP contribution in [0.1, 0.15) is 13.8 Å². The van der Waals surface area contributed by atoms with Crippen molar-refractivity contribution in [3.8, 4) is 0 Å². The van der Waals surface area contributed by atoms with Crippen LogP contribution in [-0.4, -0.2) is 120 Å². The van der Waals surface area contributed by atoms with Crippen LogP contribution in [0.4, 0.5) is 0 Å². The molecule has 2 unspecified atom stereocenters. The molecule has 0 aliphatic carbocycles. The van der Waals surface area contributed by atoms with Gasteiger partial charge >= 0.3 is 152 Å². The fraction of sp³-hybridized carbons (Fsp3) is 1.00. The summed E-state index contributed by atoms with van der Waals surface area (Å²) >= 11 is -4.11. The van der Waals surface area contributed by atoms with Crippen molar-refractivity contribution in [3.63, 3.8) is 0 Å². The number of rotatable bonds is 12. The monoisotopic (exact) mass is 692 g/mol. The first-order valence-electron chi connectivity index (χ1n) is 6.91. The molecular weight excluding hydrogens is 665 g/mol. The van der Waals surface area contributed by atoms with Crippen LogP contribution in [0.2, 0.25) is 5.95 Å². The van der Waals surface area contributed by atoms with Crippen LogP contribution in [0.15, 0.2) is 0 Å². The number of aliphatic hydroxyl groups excluding tert-OH is 6. The number of hydrogen-bond acceptors (Lipinski definition) is 7. The second kappa shape index (κ2) is 11.2. The van der Waals surface area contributed by atoms with Gasteiger partial charge < -0.3 is 0 Å². The van der Waals surface area contributed by atoms with E-state index in [1.54, 1.807) is 13.8 Å². The van der Waals surface area contributed by atoms with Gasteiger partial charge in [-0.05, 0) is 0 Å². The minimum absolute atomic E-state index is 0.130. The summed E-state index contributed by atoms with van der Waals surface area (Å²) < 4.78 is 4.47. The van der Waals surface area contributed by atoms with Crippen LogP contribution in [0.25, 0.3) is 0 Å². The molecule has 0 aromatic heterocycles. The maximum atomic E-state index is 9.56. The quantitative estimate of drug-likeness (QED) is 0.128. The number of hydrogen-bond donors (Lipinski definition) is 6. The van der Waals surface area contributed by atoms with E-state index in [2.05, 4.69) is 0 Å². The summed E-state index contributed by atoms with van der Waals surface area (Å²) in [6.07, 6.45) is 0. The van der Waals surface area contributed by atoms with Gasteiger partial charge in [-0.25, -0.2) is 0 Å². The average molecular weight is 691 g/mol. The molecule has 0 radical (unpaired) electrons. The fourth-order valence-electron chi connectivity index (χ4n) is 1.77. The van der Waals surface area contributed by atoms with Crippen LogP contribution in [0, 0.1) is 11.8 Å². The molecule has 0 rings (SSSR count). The van der Waals surface area contributed by atoms with E-state index >= 15 is 0 Å². The van der Waals surface area contributed by atoms with Crippen molar-refractivity contribution in [1.29, 1.82) is 0 Å². The fourth-order valence-corrected chi connectivity index (χ4v) is 28.7. The molecule has 0 aromatic rings. The molecule has 2 atom stereocenters. The van der Waals surface area contributed by atoms with Gasteiger partial charge in [0, 0.05) is 0 Å². The summed E-state index contributed by atoms with van der Waals surface area (Å²) in [6, 6.07) is 0. The summed E-state index contributed by atoms with van der Waals surface area (Å²) in [7, 11) is 0. The Balaban J connectivity index is 4.81. The molecule has 21 heavy (non-hydrogen) atoms. The summed E-state index contributed by atoms with van der Waals surface area (Å²) in [5, 5.41) is 56.8. The normalized spacial score (nSPS) is 15.2. The molecule has 9 heteroatoms. The zero-order valence-corrected chi connectivity index (χ0v) is 21.6. The van der Waals surface area contributed by atoms with E-state index < -0.39 is 55.3 Å². The summed E-state index contributed by atoms with van der Waals surface area (Å²) in [4.78, 5) is 0. The van der Waals surface area contributed by atoms with Gasteiger partial charge in [0.25, 0.3) is 0 Å². The van der Waals surface area contributed by atoms with E-state index in [4.69, 9.17) is 0.637 Å². The Kier molecular flexibility index (Phi) is 12.0. The first-order chi connectivity index (χ1) is 9.91. The Bertz CT molecular complexity index is 246. The Labute approximate surface area is 151 Å². The summed E-state index contributed by atoms with van der Waals surface area (Å²) in [5.41, 5.74) is 0. The maximum absolute atomic E-state index is 9.56. The third-order valence-corrected chi connectivity index (χ3v) is 25.5. The van der Waals surface area contributed by atoms with Crippen molar-refractivity contribution in [2.45, 2.75) is 19.8 Å². The Morgan fingerprint density at radius 3 is 1.19 bits per heavy atom. The Morgan fingerprint density at radius 2 is 1.00 bits per heavy atom. The summed E-state index contributed by atoms with van der Waals surface area (Å²) in [5.74, 6) is -0.497. The molecule has 0 aliphatic rings. The van der Waals surface area contributed by atoms with Crippen molar-refractivity contribution in [3.05, 3.63) is 0 Å². The molecule has 0 saturated heterocycles. The van der Waals surface area contributed by atoms with Crippen LogP contribution in [-0.2, 0) is 0.637 Å². The van der Waals surface area contributed by atoms with Crippen molar-refractivity contribution >= 4 is 49.4 Å².